The van der Waals surface area contributed by atoms with Crippen LogP contribution in [0.3, 0.4) is 0 Å². The van der Waals surface area contributed by atoms with Crippen LogP contribution in [0, 0.1) is 11.3 Å². The van der Waals surface area contributed by atoms with E-state index in [9.17, 15) is 4.79 Å². The van der Waals surface area contributed by atoms with Crippen molar-refractivity contribution in [1.82, 2.24) is 0 Å². The molecule has 3 heteroatoms. The van der Waals surface area contributed by atoms with Crippen LogP contribution in [0.1, 0.15) is 31.9 Å². The molecule has 0 atom stereocenters. The molecule has 0 saturated heterocycles. The van der Waals surface area contributed by atoms with E-state index in [4.69, 9.17) is 10.00 Å². The van der Waals surface area contributed by atoms with Crippen LogP contribution in [0.5, 0.6) is 0 Å². The number of carbonyl (C=O) groups excluding carboxylic acids is 1. The first-order valence-electron chi connectivity index (χ1n) is 7.19. The average Bonchev–Trinajstić information content (AvgIpc) is 2.45. The van der Waals surface area contributed by atoms with Gasteiger partial charge in [-0.3, -0.25) is 4.79 Å². The van der Waals surface area contributed by atoms with Crippen molar-refractivity contribution in [2.24, 2.45) is 0 Å². The maximum atomic E-state index is 11.9. The zero-order valence-corrected chi connectivity index (χ0v) is 13.1. The number of carbonyl (C=O) groups is 1. The Hall–Kier alpha value is -2.60. The van der Waals surface area contributed by atoms with Gasteiger partial charge in [0.15, 0.2) is 0 Å². The lowest BCUT2D eigenvalue weighted by molar-refractivity contribution is -0.153. The highest BCUT2D eigenvalue weighted by atomic mass is 16.6. The molecule has 0 bridgehead atoms. The predicted molar refractivity (Wildman–Crippen MR) is 86.1 cm³/mol. The van der Waals surface area contributed by atoms with Crippen molar-refractivity contribution in [3.63, 3.8) is 0 Å². The van der Waals surface area contributed by atoms with Crippen LogP contribution in [0.4, 0.5) is 0 Å². The fourth-order valence-corrected chi connectivity index (χ4v) is 2.14. The molecule has 2 aromatic rings. The third-order valence-corrected chi connectivity index (χ3v) is 3.04. The van der Waals surface area contributed by atoms with Crippen molar-refractivity contribution in [1.29, 1.82) is 5.26 Å². The van der Waals surface area contributed by atoms with E-state index in [2.05, 4.69) is 6.07 Å². The molecule has 0 aliphatic rings. The molecule has 0 aliphatic carbocycles. The van der Waals surface area contributed by atoms with E-state index in [0.29, 0.717) is 5.56 Å². The Labute approximate surface area is 131 Å². The molecule has 0 N–H and O–H groups in total. The molecule has 0 unspecified atom stereocenters. The molecule has 22 heavy (non-hydrogen) atoms. The maximum Gasteiger partial charge on any atom is 0.310 e. The summed E-state index contributed by atoms with van der Waals surface area (Å²) in [5, 5.41) is 8.83. The maximum absolute atomic E-state index is 11.9. The third-order valence-electron chi connectivity index (χ3n) is 3.04. The van der Waals surface area contributed by atoms with E-state index in [1.54, 1.807) is 12.1 Å². The van der Waals surface area contributed by atoms with E-state index in [0.717, 1.165) is 16.7 Å². The monoisotopic (exact) mass is 293 g/mol. The molecule has 3 nitrogen and oxygen atoms in total. The zero-order valence-electron chi connectivity index (χ0n) is 13.1. The predicted octanol–water partition coefficient (Wildman–Crippen LogP) is 4.11. The van der Waals surface area contributed by atoms with E-state index >= 15 is 0 Å². The van der Waals surface area contributed by atoms with Gasteiger partial charge in [-0.1, -0.05) is 36.4 Å². The van der Waals surface area contributed by atoms with Gasteiger partial charge >= 0.3 is 5.97 Å². The van der Waals surface area contributed by atoms with Gasteiger partial charge in [0.1, 0.15) is 5.60 Å². The smallest absolute Gasteiger partial charge is 0.310 e. The largest absolute Gasteiger partial charge is 0.460 e. The molecule has 0 fully saturated rings. The third kappa shape index (κ3) is 4.46. The molecule has 0 aromatic heterocycles. The lowest BCUT2D eigenvalue weighted by atomic mass is 10.0. The van der Waals surface area contributed by atoms with Crippen LogP contribution in [0.2, 0.25) is 0 Å². The van der Waals surface area contributed by atoms with E-state index in [-0.39, 0.29) is 12.4 Å². The summed E-state index contributed by atoms with van der Waals surface area (Å²) in [5.41, 5.74) is 3.11. The molecule has 0 saturated carbocycles. The highest BCUT2D eigenvalue weighted by Crippen LogP contribution is 2.21. The van der Waals surface area contributed by atoms with Crippen molar-refractivity contribution >= 4 is 5.97 Å². The summed E-state index contributed by atoms with van der Waals surface area (Å²) in [4.78, 5) is 11.9. The summed E-state index contributed by atoms with van der Waals surface area (Å²) in [6.45, 7) is 5.58. The normalized spacial score (nSPS) is 10.8. The molecule has 0 radical (unpaired) electrons. The van der Waals surface area contributed by atoms with Crippen LogP contribution in [0.25, 0.3) is 11.1 Å². The second kappa shape index (κ2) is 6.44. The van der Waals surface area contributed by atoms with Crippen LogP contribution >= 0.6 is 0 Å². The van der Waals surface area contributed by atoms with E-state index in [1.165, 1.54) is 0 Å². The summed E-state index contributed by atoms with van der Waals surface area (Å²) < 4.78 is 5.34. The SMILES string of the molecule is CC(C)(C)OC(=O)Cc1cccc(-c2ccc(C#N)cc2)c1. The first-order valence-corrected chi connectivity index (χ1v) is 7.19. The van der Waals surface area contributed by atoms with E-state index < -0.39 is 5.60 Å². The quantitative estimate of drug-likeness (QED) is 0.800. The second-order valence-electron chi connectivity index (χ2n) is 6.15. The number of ether oxygens (including phenoxy) is 1. The lowest BCUT2D eigenvalue weighted by Gasteiger charge is -2.19. The Morgan fingerprint density at radius 3 is 2.36 bits per heavy atom. The van der Waals surface area contributed by atoms with Gasteiger partial charge in [-0.05, 0) is 49.6 Å². The summed E-state index contributed by atoms with van der Waals surface area (Å²) in [7, 11) is 0. The van der Waals surface area contributed by atoms with Crippen LogP contribution in [-0.4, -0.2) is 11.6 Å². The molecule has 0 heterocycles. The van der Waals surface area contributed by atoms with Gasteiger partial charge in [0.05, 0.1) is 18.1 Å². The highest BCUT2D eigenvalue weighted by molar-refractivity contribution is 5.74. The first kappa shape index (κ1) is 15.8. The Kier molecular flexibility index (Phi) is 4.62. The Bertz CT molecular complexity index is 703. The number of nitriles is 1. The summed E-state index contributed by atoms with van der Waals surface area (Å²) in [5.74, 6) is -0.232. The fraction of sp³-hybridized carbons (Fsp3) is 0.263. The summed E-state index contributed by atoms with van der Waals surface area (Å²) in [6.07, 6.45) is 0.251. The molecule has 2 rings (SSSR count). The van der Waals surface area contributed by atoms with Gasteiger partial charge in [-0.15, -0.1) is 0 Å². The minimum atomic E-state index is -0.470. The van der Waals surface area contributed by atoms with Crippen LogP contribution in [0.15, 0.2) is 48.5 Å². The van der Waals surface area contributed by atoms with Crippen molar-refractivity contribution in [2.45, 2.75) is 32.8 Å². The number of benzene rings is 2. The fourth-order valence-electron chi connectivity index (χ4n) is 2.14. The number of hydrogen-bond donors (Lipinski definition) is 0. The lowest BCUT2D eigenvalue weighted by Crippen LogP contribution is -2.24. The average molecular weight is 293 g/mol. The standard InChI is InChI=1S/C19H19NO2/c1-19(2,3)22-18(21)12-15-5-4-6-17(11-15)16-9-7-14(13-20)8-10-16/h4-11H,12H2,1-3H3. The molecule has 0 amide bonds. The van der Waals surface area contributed by atoms with Crippen molar-refractivity contribution in [3.8, 4) is 17.2 Å². The minimum absolute atomic E-state index is 0.232. The Morgan fingerprint density at radius 2 is 1.77 bits per heavy atom. The molecule has 0 aliphatic heterocycles. The number of esters is 1. The number of nitrogens with zero attached hydrogens (tertiary/aromatic N) is 1. The van der Waals surface area contributed by atoms with Crippen molar-refractivity contribution in [3.05, 3.63) is 59.7 Å². The first-order chi connectivity index (χ1) is 10.4. The second-order valence-corrected chi connectivity index (χ2v) is 6.15. The number of hydrogen-bond acceptors (Lipinski definition) is 3. The highest BCUT2D eigenvalue weighted by Gasteiger charge is 2.16. The van der Waals surface area contributed by atoms with Crippen LogP contribution in [-0.2, 0) is 16.0 Å². The summed E-state index contributed by atoms with van der Waals surface area (Å²) in [6, 6.07) is 17.3. The van der Waals surface area contributed by atoms with Crippen molar-refractivity contribution < 1.29 is 9.53 Å². The van der Waals surface area contributed by atoms with Gasteiger partial charge < -0.3 is 4.74 Å². The van der Waals surface area contributed by atoms with Gasteiger partial charge in [0.25, 0.3) is 0 Å². The molecule has 2 aromatic carbocycles. The topological polar surface area (TPSA) is 50.1 Å². The van der Waals surface area contributed by atoms with Gasteiger partial charge in [-0.2, -0.15) is 5.26 Å². The van der Waals surface area contributed by atoms with E-state index in [1.807, 2.05) is 57.2 Å². The summed E-state index contributed by atoms with van der Waals surface area (Å²) >= 11 is 0. The van der Waals surface area contributed by atoms with Gasteiger partial charge in [-0.25, -0.2) is 0 Å². The van der Waals surface area contributed by atoms with Crippen LogP contribution < -0.4 is 0 Å². The minimum Gasteiger partial charge on any atom is -0.460 e. The molecule has 112 valence electrons. The number of rotatable bonds is 3. The van der Waals surface area contributed by atoms with Crippen molar-refractivity contribution in [2.75, 3.05) is 0 Å². The zero-order chi connectivity index (χ0) is 16.2. The van der Waals surface area contributed by atoms with Gasteiger partial charge in [0.2, 0.25) is 0 Å². The Balaban J connectivity index is 2.16. The molecular weight excluding hydrogens is 274 g/mol. The Morgan fingerprint density at radius 1 is 1.09 bits per heavy atom. The molecular formula is C19H19NO2. The molecule has 0 spiro atoms. The van der Waals surface area contributed by atoms with Gasteiger partial charge in [0, 0.05) is 0 Å².